The number of likely N-dealkylation sites (tertiary alicyclic amines) is 1. The highest BCUT2D eigenvalue weighted by Crippen LogP contribution is 2.26. The Balaban J connectivity index is 1.95. The molecule has 1 saturated heterocycles. The van der Waals surface area contributed by atoms with E-state index in [1.54, 1.807) is 6.07 Å². The van der Waals surface area contributed by atoms with E-state index in [1.165, 1.54) is 0 Å². The molecular formula is C19H25NO3. The van der Waals surface area contributed by atoms with E-state index >= 15 is 0 Å². The van der Waals surface area contributed by atoms with E-state index < -0.39 is 0 Å². The second kappa shape index (κ2) is 6.85. The second-order valence-electron chi connectivity index (χ2n) is 6.60. The molecule has 0 saturated carbocycles. The molecule has 2 heterocycles. The summed E-state index contributed by atoms with van der Waals surface area (Å²) in [5.41, 5.74) is 2.42. The number of aliphatic hydroxyl groups is 1. The van der Waals surface area contributed by atoms with E-state index in [-0.39, 0.29) is 17.8 Å². The van der Waals surface area contributed by atoms with Crippen LogP contribution in [-0.4, -0.2) is 28.7 Å². The van der Waals surface area contributed by atoms with Crippen LogP contribution in [0.3, 0.4) is 0 Å². The van der Waals surface area contributed by atoms with Crippen LogP contribution in [0.2, 0.25) is 0 Å². The van der Waals surface area contributed by atoms with Gasteiger partial charge in [0.15, 0.2) is 0 Å². The summed E-state index contributed by atoms with van der Waals surface area (Å²) in [7, 11) is 0. The Morgan fingerprint density at radius 1 is 1.35 bits per heavy atom. The first-order chi connectivity index (χ1) is 11.1. The number of nitrogens with zero attached hydrogens (tertiary/aromatic N) is 1. The topological polar surface area (TPSA) is 53.7 Å². The molecule has 0 radical (unpaired) electrons. The van der Waals surface area contributed by atoms with Crippen molar-refractivity contribution in [3.05, 3.63) is 45.8 Å². The Morgan fingerprint density at radius 3 is 2.96 bits per heavy atom. The van der Waals surface area contributed by atoms with Crippen molar-refractivity contribution in [2.75, 3.05) is 6.54 Å². The summed E-state index contributed by atoms with van der Waals surface area (Å²) < 4.78 is 5.34. The monoisotopic (exact) mass is 315 g/mol. The first-order valence-electron chi connectivity index (χ1n) is 8.54. The zero-order chi connectivity index (χ0) is 16.4. The smallest absolute Gasteiger partial charge is 0.336 e. The number of rotatable bonds is 4. The summed E-state index contributed by atoms with van der Waals surface area (Å²) in [4.78, 5) is 14.2. The fourth-order valence-electron chi connectivity index (χ4n) is 3.61. The van der Waals surface area contributed by atoms with Crippen molar-refractivity contribution >= 4 is 11.0 Å². The van der Waals surface area contributed by atoms with Gasteiger partial charge in [-0.05, 0) is 49.9 Å². The number of aliphatic hydroxyl groups excluding tert-OH is 1. The second-order valence-corrected chi connectivity index (χ2v) is 6.60. The van der Waals surface area contributed by atoms with E-state index in [0.717, 1.165) is 48.7 Å². The molecule has 1 aromatic carbocycles. The molecule has 23 heavy (non-hydrogen) atoms. The van der Waals surface area contributed by atoms with Crippen LogP contribution >= 0.6 is 0 Å². The van der Waals surface area contributed by atoms with Crippen LogP contribution in [0, 0.1) is 6.92 Å². The van der Waals surface area contributed by atoms with E-state index in [9.17, 15) is 9.90 Å². The van der Waals surface area contributed by atoms with Crippen molar-refractivity contribution in [2.45, 2.75) is 58.2 Å². The molecule has 2 atom stereocenters. The molecule has 1 aromatic heterocycles. The number of hydrogen-bond donors (Lipinski definition) is 1. The molecule has 2 unspecified atom stereocenters. The van der Waals surface area contributed by atoms with Gasteiger partial charge in [-0.2, -0.15) is 0 Å². The third kappa shape index (κ3) is 3.48. The Hall–Kier alpha value is -1.65. The number of benzene rings is 1. The zero-order valence-electron chi connectivity index (χ0n) is 13.9. The fourth-order valence-corrected chi connectivity index (χ4v) is 3.61. The summed E-state index contributed by atoms with van der Waals surface area (Å²) in [6.07, 6.45) is 3.79. The molecule has 0 amide bonds. The van der Waals surface area contributed by atoms with Crippen molar-refractivity contribution in [3.8, 4) is 0 Å². The average molecular weight is 315 g/mol. The van der Waals surface area contributed by atoms with Gasteiger partial charge in [0.2, 0.25) is 0 Å². The van der Waals surface area contributed by atoms with Gasteiger partial charge < -0.3 is 9.52 Å². The molecule has 1 aliphatic rings. The first kappa shape index (κ1) is 16.2. The summed E-state index contributed by atoms with van der Waals surface area (Å²) in [5, 5.41) is 11.3. The van der Waals surface area contributed by atoms with Crippen LogP contribution in [0.1, 0.15) is 43.7 Å². The Bertz CT molecular complexity index is 737. The lowest BCUT2D eigenvalue weighted by molar-refractivity contribution is 0.0197. The minimum Gasteiger partial charge on any atom is -0.423 e. The predicted octanol–water partition coefficient (Wildman–Crippen LogP) is 3.23. The van der Waals surface area contributed by atoms with Crippen LogP contribution < -0.4 is 5.63 Å². The fraction of sp³-hybridized carbons (Fsp3) is 0.526. The van der Waals surface area contributed by atoms with Gasteiger partial charge in [-0.3, -0.25) is 4.90 Å². The van der Waals surface area contributed by atoms with Crippen LogP contribution in [0.4, 0.5) is 0 Å². The van der Waals surface area contributed by atoms with Gasteiger partial charge in [-0.15, -0.1) is 0 Å². The minimum absolute atomic E-state index is 0.182. The van der Waals surface area contributed by atoms with Crippen LogP contribution in [0.5, 0.6) is 0 Å². The number of fused-ring (bicyclic) bond motifs is 1. The van der Waals surface area contributed by atoms with E-state index in [2.05, 4.69) is 4.90 Å². The highest BCUT2D eigenvalue weighted by Gasteiger charge is 2.28. The standard InChI is InChI=1S/C19H25NO3/c1-3-17(21)16-6-4-5-9-20(16)12-14-11-19(22)23-18-10-13(2)7-8-15(14)18/h7-8,10-11,16-17,21H,3-6,9,12H2,1-2H3. The van der Waals surface area contributed by atoms with Crippen LogP contribution in [0.25, 0.3) is 11.0 Å². The van der Waals surface area contributed by atoms with E-state index in [0.29, 0.717) is 12.1 Å². The average Bonchev–Trinajstić information content (AvgIpc) is 2.54. The molecule has 0 spiro atoms. The Morgan fingerprint density at radius 2 is 2.17 bits per heavy atom. The molecule has 2 aromatic rings. The lowest BCUT2D eigenvalue weighted by atomic mass is 9.95. The maximum atomic E-state index is 11.9. The summed E-state index contributed by atoms with van der Waals surface area (Å²) in [6, 6.07) is 7.76. The van der Waals surface area contributed by atoms with E-state index in [4.69, 9.17) is 4.42 Å². The summed E-state index contributed by atoms with van der Waals surface area (Å²) >= 11 is 0. The summed E-state index contributed by atoms with van der Waals surface area (Å²) in [5.74, 6) is 0. The molecule has 1 aliphatic heterocycles. The summed E-state index contributed by atoms with van der Waals surface area (Å²) in [6.45, 7) is 5.67. The quantitative estimate of drug-likeness (QED) is 0.880. The first-order valence-corrected chi connectivity index (χ1v) is 8.54. The Kier molecular flexibility index (Phi) is 4.83. The van der Waals surface area contributed by atoms with Gasteiger partial charge in [0.05, 0.1) is 6.10 Å². The van der Waals surface area contributed by atoms with Crippen LogP contribution in [0.15, 0.2) is 33.5 Å². The molecular weight excluding hydrogens is 290 g/mol. The third-order valence-electron chi connectivity index (χ3n) is 4.89. The third-order valence-corrected chi connectivity index (χ3v) is 4.89. The molecule has 3 rings (SSSR count). The zero-order valence-corrected chi connectivity index (χ0v) is 13.9. The normalized spacial score (nSPS) is 20.7. The molecule has 4 heteroatoms. The highest BCUT2D eigenvalue weighted by molar-refractivity contribution is 5.80. The predicted molar refractivity (Wildman–Crippen MR) is 91.6 cm³/mol. The van der Waals surface area contributed by atoms with Gasteiger partial charge in [0.1, 0.15) is 5.58 Å². The van der Waals surface area contributed by atoms with Crippen molar-refractivity contribution in [2.24, 2.45) is 0 Å². The molecule has 0 bridgehead atoms. The number of piperidine rings is 1. The van der Waals surface area contributed by atoms with E-state index in [1.807, 2.05) is 32.0 Å². The molecule has 0 aliphatic carbocycles. The SMILES string of the molecule is CCC(O)C1CCCCN1Cc1cc(=O)oc2cc(C)ccc12. The van der Waals surface area contributed by atoms with Crippen molar-refractivity contribution in [1.82, 2.24) is 4.90 Å². The van der Waals surface area contributed by atoms with Gasteiger partial charge in [-0.25, -0.2) is 4.79 Å². The minimum atomic E-state index is -0.303. The van der Waals surface area contributed by atoms with Gasteiger partial charge in [0.25, 0.3) is 0 Å². The lowest BCUT2D eigenvalue weighted by Gasteiger charge is -2.38. The van der Waals surface area contributed by atoms with Gasteiger partial charge in [-0.1, -0.05) is 25.5 Å². The maximum Gasteiger partial charge on any atom is 0.336 e. The molecule has 4 nitrogen and oxygen atoms in total. The van der Waals surface area contributed by atoms with Gasteiger partial charge in [0, 0.05) is 24.0 Å². The van der Waals surface area contributed by atoms with Gasteiger partial charge >= 0.3 is 5.63 Å². The number of aryl methyl sites for hydroxylation is 1. The van der Waals surface area contributed by atoms with Crippen molar-refractivity contribution < 1.29 is 9.52 Å². The maximum absolute atomic E-state index is 11.9. The lowest BCUT2D eigenvalue weighted by Crippen LogP contribution is -2.46. The number of hydrogen-bond acceptors (Lipinski definition) is 4. The molecule has 1 N–H and O–H groups in total. The Labute approximate surface area is 136 Å². The van der Waals surface area contributed by atoms with Crippen molar-refractivity contribution in [1.29, 1.82) is 0 Å². The van der Waals surface area contributed by atoms with Crippen LogP contribution in [-0.2, 0) is 6.54 Å². The van der Waals surface area contributed by atoms with Crippen molar-refractivity contribution in [3.63, 3.8) is 0 Å². The molecule has 1 fully saturated rings. The molecule has 124 valence electrons. The highest BCUT2D eigenvalue weighted by atomic mass is 16.4. The largest absolute Gasteiger partial charge is 0.423 e.